The average molecular weight is 157 g/mol. The molecule has 0 aromatic carbocycles. The first-order valence-electron chi connectivity index (χ1n) is 3.52. The van der Waals surface area contributed by atoms with Crippen molar-refractivity contribution in [2.24, 2.45) is 0 Å². The third-order valence-electron chi connectivity index (χ3n) is 1.31. The molecular weight excluding hydrogens is 146 g/mol. The number of oxazole rings is 1. The second-order valence-corrected chi connectivity index (χ2v) is 2.22. The molecule has 1 aromatic rings. The zero-order valence-electron chi connectivity index (χ0n) is 6.16. The summed E-state index contributed by atoms with van der Waals surface area (Å²) in [6, 6.07) is 0. The van der Waals surface area contributed by atoms with E-state index in [1.54, 1.807) is 0 Å². The van der Waals surface area contributed by atoms with Crippen LogP contribution in [0.4, 0.5) is 0 Å². The molecule has 1 heterocycles. The van der Waals surface area contributed by atoms with Crippen molar-refractivity contribution in [3.05, 3.63) is 17.8 Å². The van der Waals surface area contributed by atoms with Crippen LogP contribution in [0.1, 0.15) is 18.0 Å². The minimum atomic E-state index is -0.0946. The largest absolute Gasteiger partial charge is 0.449 e. The van der Waals surface area contributed by atoms with Gasteiger partial charge in [0.15, 0.2) is 5.89 Å². The van der Waals surface area contributed by atoms with Crippen molar-refractivity contribution in [2.45, 2.75) is 19.4 Å². The molecule has 0 aliphatic heterocycles. The van der Waals surface area contributed by atoms with Crippen LogP contribution in [0.3, 0.4) is 0 Å². The van der Waals surface area contributed by atoms with Gasteiger partial charge in [-0.05, 0) is 6.42 Å². The Hall–Kier alpha value is -0.870. The lowest BCUT2D eigenvalue weighted by Crippen LogP contribution is -1.90. The molecule has 0 atom stereocenters. The van der Waals surface area contributed by atoms with Crippen molar-refractivity contribution >= 4 is 0 Å². The van der Waals surface area contributed by atoms with E-state index in [9.17, 15) is 0 Å². The molecule has 0 amide bonds. The van der Waals surface area contributed by atoms with Gasteiger partial charge in [0, 0.05) is 13.0 Å². The van der Waals surface area contributed by atoms with E-state index in [1.807, 2.05) is 0 Å². The number of aliphatic hydroxyl groups is 2. The smallest absolute Gasteiger partial charge is 0.194 e. The zero-order valence-corrected chi connectivity index (χ0v) is 6.16. The summed E-state index contributed by atoms with van der Waals surface area (Å²) in [5.74, 6) is 0.572. The maximum Gasteiger partial charge on any atom is 0.194 e. The van der Waals surface area contributed by atoms with E-state index in [0.717, 1.165) is 0 Å². The van der Waals surface area contributed by atoms with Gasteiger partial charge in [0.1, 0.15) is 12.0 Å². The van der Waals surface area contributed by atoms with E-state index in [-0.39, 0.29) is 13.2 Å². The SMILES string of the molecule is OCCCc1nc(CO)co1. The number of aromatic nitrogens is 1. The number of hydrogen-bond acceptors (Lipinski definition) is 4. The molecular formula is C7H11NO3. The Morgan fingerprint density at radius 1 is 1.45 bits per heavy atom. The Labute approximate surface area is 64.5 Å². The van der Waals surface area contributed by atoms with Crippen LogP contribution in [-0.4, -0.2) is 21.8 Å². The molecule has 4 nitrogen and oxygen atoms in total. The monoisotopic (exact) mass is 157 g/mol. The highest BCUT2D eigenvalue weighted by Gasteiger charge is 2.00. The molecule has 0 aliphatic carbocycles. The molecule has 62 valence electrons. The Kier molecular flexibility index (Phi) is 3.07. The summed E-state index contributed by atoms with van der Waals surface area (Å²) in [5.41, 5.74) is 0.540. The lowest BCUT2D eigenvalue weighted by Gasteiger charge is -1.89. The number of nitrogens with zero attached hydrogens (tertiary/aromatic N) is 1. The van der Waals surface area contributed by atoms with Gasteiger partial charge in [0.2, 0.25) is 0 Å². The lowest BCUT2D eigenvalue weighted by molar-refractivity contribution is 0.276. The minimum absolute atomic E-state index is 0.0946. The topological polar surface area (TPSA) is 66.5 Å². The van der Waals surface area contributed by atoms with E-state index < -0.39 is 0 Å². The molecule has 1 aromatic heterocycles. The molecule has 0 bridgehead atoms. The van der Waals surface area contributed by atoms with Crippen LogP contribution in [0.5, 0.6) is 0 Å². The highest BCUT2D eigenvalue weighted by atomic mass is 16.3. The molecule has 2 N–H and O–H groups in total. The van der Waals surface area contributed by atoms with Crippen molar-refractivity contribution in [3.63, 3.8) is 0 Å². The molecule has 0 aliphatic rings. The summed E-state index contributed by atoms with van der Waals surface area (Å²) in [7, 11) is 0. The molecule has 1 rings (SSSR count). The van der Waals surface area contributed by atoms with E-state index in [0.29, 0.717) is 24.4 Å². The zero-order chi connectivity index (χ0) is 8.10. The standard InChI is InChI=1S/C7H11NO3/c9-3-1-2-7-8-6(4-10)5-11-7/h5,9-10H,1-4H2. The second kappa shape index (κ2) is 4.10. The van der Waals surface area contributed by atoms with E-state index in [2.05, 4.69) is 4.98 Å². The van der Waals surface area contributed by atoms with Crippen LogP contribution < -0.4 is 0 Å². The van der Waals surface area contributed by atoms with Crippen LogP contribution in [0.25, 0.3) is 0 Å². The van der Waals surface area contributed by atoms with Gasteiger partial charge in [-0.3, -0.25) is 0 Å². The van der Waals surface area contributed by atoms with Gasteiger partial charge in [-0.1, -0.05) is 0 Å². The summed E-state index contributed by atoms with van der Waals surface area (Å²) in [6.07, 6.45) is 2.69. The maximum absolute atomic E-state index is 8.60. The van der Waals surface area contributed by atoms with Crippen LogP contribution in [0.2, 0.25) is 0 Å². The summed E-state index contributed by atoms with van der Waals surface area (Å²) in [4.78, 5) is 3.94. The van der Waals surface area contributed by atoms with Gasteiger partial charge in [-0.2, -0.15) is 0 Å². The van der Waals surface area contributed by atoms with Crippen molar-refractivity contribution < 1.29 is 14.6 Å². The first kappa shape index (κ1) is 8.23. The third-order valence-corrected chi connectivity index (χ3v) is 1.31. The van der Waals surface area contributed by atoms with Crippen LogP contribution in [-0.2, 0) is 13.0 Å². The molecule has 0 saturated carbocycles. The fraction of sp³-hybridized carbons (Fsp3) is 0.571. The first-order valence-corrected chi connectivity index (χ1v) is 3.52. The maximum atomic E-state index is 8.60. The number of aryl methyl sites for hydroxylation is 1. The highest BCUT2D eigenvalue weighted by Crippen LogP contribution is 2.03. The van der Waals surface area contributed by atoms with Gasteiger partial charge in [0.05, 0.1) is 6.61 Å². The first-order chi connectivity index (χ1) is 5.36. The molecule has 0 saturated heterocycles. The highest BCUT2D eigenvalue weighted by molar-refractivity contribution is 4.94. The molecule has 0 unspecified atom stereocenters. The number of aliphatic hydroxyl groups excluding tert-OH is 2. The van der Waals surface area contributed by atoms with Gasteiger partial charge >= 0.3 is 0 Å². The summed E-state index contributed by atoms with van der Waals surface area (Å²) < 4.78 is 4.98. The minimum Gasteiger partial charge on any atom is -0.449 e. The Balaban J connectivity index is 2.44. The normalized spacial score (nSPS) is 10.4. The quantitative estimate of drug-likeness (QED) is 0.650. The van der Waals surface area contributed by atoms with Crippen molar-refractivity contribution in [1.82, 2.24) is 4.98 Å². The van der Waals surface area contributed by atoms with E-state index >= 15 is 0 Å². The van der Waals surface area contributed by atoms with Crippen LogP contribution in [0.15, 0.2) is 10.7 Å². The molecule has 4 heteroatoms. The molecule has 11 heavy (non-hydrogen) atoms. The van der Waals surface area contributed by atoms with Crippen LogP contribution in [0, 0.1) is 0 Å². The predicted octanol–water partition coefficient (Wildman–Crippen LogP) is 0.0918. The van der Waals surface area contributed by atoms with Gasteiger partial charge in [-0.25, -0.2) is 4.98 Å². The Morgan fingerprint density at radius 3 is 2.82 bits per heavy atom. The second-order valence-electron chi connectivity index (χ2n) is 2.22. The fourth-order valence-corrected chi connectivity index (χ4v) is 0.767. The summed E-state index contributed by atoms with van der Waals surface area (Å²) >= 11 is 0. The van der Waals surface area contributed by atoms with Crippen molar-refractivity contribution in [2.75, 3.05) is 6.61 Å². The molecule has 0 spiro atoms. The average Bonchev–Trinajstić information content (AvgIpc) is 2.48. The molecule has 0 fully saturated rings. The number of hydrogen-bond donors (Lipinski definition) is 2. The molecule has 0 radical (unpaired) electrons. The summed E-state index contributed by atoms with van der Waals surface area (Å²) in [6.45, 7) is 0.0411. The van der Waals surface area contributed by atoms with Crippen LogP contribution >= 0.6 is 0 Å². The Morgan fingerprint density at radius 2 is 2.27 bits per heavy atom. The van der Waals surface area contributed by atoms with Gasteiger partial charge < -0.3 is 14.6 Å². The van der Waals surface area contributed by atoms with Crippen molar-refractivity contribution in [1.29, 1.82) is 0 Å². The predicted molar refractivity (Wildman–Crippen MR) is 37.8 cm³/mol. The van der Waals surface area contributed by atoms with E-state index in [4.69, 9.17) is 14.6 Å². The Bertz CT molecular complexity index is 209. The van der Waals surface area contributed by atoms with Gasteiger partial charge in [-0.15, -0.1) is 0 Å². The third kappa shape index (κ3) is 2.32. The van der Waals surface area contributed by atoms with Gasteiger partial charge in [0.25, 0.3) is 0 Å². The summed E-state index contributed by atoms with van der Waals surface area (Å²) in [5, 5.41) is 17.1. The van der Waals surface area contributed by atoms with Crippen molar-refractivity contribution in [3.8, 4) is 0 Å². The number of rotatable bonds is 4. The van der Waals surface area contributed by atoms with E-state index in [1.165, 1.54) is 6.26 Å². The lowest BCUT2D eigenvalue weighted by atomic mass is 10.3. The fourth-order valence-electron chi connectivity index (χ4n) is 0.767.